The van der Waals surface area contributed by atoms with E-state index in [-0.39, 0.29) is 10.5 Å². The lowest BCUT2D eigenvalue weighted by Gasteiger charge is -2.29. The molecule has 0 saturated carbocycles. The molecular formula is C25H37N5O9. The van der Waals surface area contributed by atoms with Gasteiger partial charge in [-0.2, -0.15) is 9.55 Å². The molecule has 0 saturated heterocycles. The molecule has 0 spiro atoms. The zero-order valence-electron chi connectivity index (χ0n) is 24.5. The highest BCUT2D eigenvalue weighted by molar-refractivity contribution is 6.09. The molecule has 0 aliphatic heterocycles. The molecule has 2 aromatic rings. The molecular weight excluding hydrogens is 514 g/mol. The largest absolute Gasteiger partial charge is 0.443 e. The second kappa shape index (κ2) is 10.3. The lowest BCUT2D eigenvalue weighted by Crippen LogP contribution is -2.48. The van der Waals surface area contributed by atoms with Crippen molar-refractivity contribution in [3.63, 3.8) is 0 Å². The van der Waals surface area contributed by atoms with Gasteiger partial charge in [0.2, 0.25) is 5.95 Å². The monoisotopic (exact) mass is 551 g/mol. The van der Waals surface area contributed by atoms with E-state index in [1.807, 2.05) is 0 Å². The third kappa shape index (κ3) is 8.26. The zero-order valence-corrected chi connectivity index (χ0v) is 24.5. The number of amides is 2. The van der Waals surface area contributed by atoms with Gasteiger partial charge in [-0.1, -0.05) is 0 Å². The third-order valence-electron chi connectivity index (χ3n) is 4.07. The molecule has 2 heterocycles. The summed E-state index contributed by atoms with van der Waals surface area (Å²) in [5.41, 5.74) is -6.13. The van der Waals surface area contributed by atoms with Crippen LogP contribution in [-0.4, -0.2) is 65.9 Å². The van der Waals surface area contributed by atoms with Gasteiger partial charge in [0.05, 0.1) is 0 Å². The van der Waals surface area contributed by atoms with Gasteiger partial charge in [-0.15, -0.1) is 4.90 Å². The molecule has 14 heteroatoms. The van der Waals surface area contributed by atoms with Gasteiger partial charge in [-0.05, 0) is 83.1 Å². The minimum absolute atomic E-state index is 0.285. The van der Waals surface area contributed by atoms with Crippen LogP contribution in [0.25, 0.3) is 11.2 Å². The normalized spacial score (nSPS) is 12.6. The van der Waals surface area contributed by atoms with Crippen LogP contribution in [0.3, 0.4) is 0 Å². The first-order valence-corrected chi connectivity index (χ1v) is 12.1. The second-order valence-electron chi connectivity index (χ2n) is 12.6. The summed E-state index contributed by atoms with van der Waals surface area (Å²) < 4.78 is 22.6. The van der Waals surface area contributed by atoms with Gasteiger partial charge in [0.15, 0.2) is 11.2 Å². The number of hydrogen-bond donors (Lipinski definition) is 0. The molecule has 0 unspecified atom stereocenters. The average Bonchev–Trinajstić information content (AvgIpc) is 3.06. The molecule has 0 fully saturated rings. The van der Waals surface area contributed by atoms with Crippen LogP contribution in [0.4, 0.5) is 25.1 Å². The Hall–Kier alpha value is -3.97. The van der Waals surface area contributed by atoms with Crippen molar-refractivity contribution in [2.75, 3.05) is 4.90 Å². The lowest BCUT2D eigenvalue weighted by molar-refractivity contribution is 0.0420. The summed E-state index contributed by atoms with van der Waals surface area (Å²) in [6.45, 7) is 18.8. The summed E-state index contributed by atoms with van der Waals surface area (Å²) in [5, 5.41) is 0. The second-order valence-corrected chi connectivity index (χ2v) is 12.6. The minimum Gasteiger partial charge on any atom is -0.443 e. The number of carbonyl (C=O) groups is 4. The number of anilines is 1. The topological polar surface area (TPSA) is 161 Å². The molecule has 0 atom stereocenters. The fourth-order valence-electron chi connectivity index (χ4n) is 2.86. The van der Waals surface area contributed by atoms with Crippen LogP contribution in [0.5, 0.6) is 0 Å². The first-order chi connectivity index (χ1) is 17.4. The van der Waals surface area contributed by atoms with E-state index in [9.17, 15) is 24.0 Å². The molecule has 0 aliphatic rings. The highest BCUT2D eigenvalue weighted by Crippen LogP contribution is 2.23. The number of ether oxygens (including phenoxy) is 4. The number of aromatic nitrogens is 4. The Bertz CT molecular complexity index is 1320. The molecule has 14 nitrogen and oxygen atoms in total. The Morgan fingerprint density at radius 3 is 1.51 bits per heavy atom. The fraction of sp³-hybridized carbons (Fsp3) is 0.640. The highest BCUT2D eigenvalue weighted by atomic mass is 16.6. The van der Waals surface area contributed by atoms with Crippen LogP contribution < -0.4 is 10.5 Å². The van der Waals surface area contributed by atoms with Crippen molar-refractivity contribution in [1.29, 1.82) is 0 Å². The summed E-state index contributed by atoms with van der Waals surface area (Å²) in [7, 11) is 0. The maximum absolute atomic E-state index is 13.6. The van der Waals surface area contributed by atoms with E-state index in [2.05, 4.69) is 9.97 Å². The summed E-state index contributed by atoms with van der Waals surface area (Å²) in [6, 6.07) is 0. The quantitative estimate of drug-likeness (QED) is 0.446. The van der Waals surface area contributed by atoms with Gasteiger partial charge in [0.1, 0.15) is 28.7 Å². The molecule has 216 valence electrons. The van der Waals surface area contributed by atoms with Crippen LogP contribution in [0.2, 0.25) is 0 Å². The lowest BCUT2D eigenvalue weighted by atomic mass is 10.2. The Labute approximate surface area is 226 Å². The Balaban J connectivity index is 2.96. The van der Waals surface area contributed by atoms with Crippen LogP contribution >= 0.6 is 0 Å². The van der Waals surface area contributed by atoms with Gasteiger partial charge in [-0.3, -0.25) is 4.79 Å². The zero-order chi connectivity index (χ0) is 30.3. The van der Waals surface area contributed by atoms with E-state index in [1.165, 1.54) is 0 Å². The van der Waals surface area contributed by atoms with Crippen LogP contribution in [0.15, 0.2) is 11.1 Å². The number of rotatable bonds is 1. The Morgan fingerprint density at radius 1 is 0.692 bits per heavy atom. The van der Waals surface area contributed by atoms with Gasteiger partial charge in [0, 0.05) is 0 Å². The molecule has 0 N–H and O–H groups in total. The third-order valence-corrected chi connectivity index (χ3v) is 4.07. The fourth-order valence-corrected chi connectivity index (χ4v) is 2.86. The number of hydrogen-bond acceptors (Lipinski definition) is 11. The van der Waals surface area contributed by atoms with Crippen molar-refractivity contribution in [3.8, 4) is 0 Å². The Morgan fingerprint density at radius 2 is 1.10 bits per heavy atom. The number of imide groups is 1. The van der Waals surface area contributed by atoms with Crippen molar-refractivity contribution in [2.45, 2.75) is 105 Å². The molecule has 2 amide bonds. The van der Waals surface area contributed by atoms with Crippen LogP contribution in [0.1, 0.15) is 83.1 Å². The van der Waals surface area contributed by atoms with E-state index in [4.69, 9.17) is 18.9 Å². The van der Waals surface area contributed by atoms with Crippen molar-refractivity contribution in [2.24, 2.45) is 0 Å². The van der Waals surface area contributed by atoms with Crippen LogP contribution in [-0.2, 0) is 18.9 Å². The number of carbonyl (C=O) groups excluding carboxylic acids is 4. The van der Waals surface area contributed by atoms with E-state index >= 15 is 0 Å². The molecule has 39 heavy (non-hydrogen) atoms. The predicted molar refractivity (Wildman–Crippen MR) is 140 cm³/mol. The summed E-state index contributed by atoms with van der Waals surface area (Å²) in [4.78, 5) is 74.7. The molecule has 0 aliphatic carbocycles. The molecule has 0 radical (unpaired) electrons. The van der Waals surface area contributed by atoms with Gasteiger partial charge < -0.3 is 18.9 Å². The maximum atomic E-state index is 13.6. The maximum Gasteiger partial charge on any atom is 0.427 e. The van der Waals surface area contributed by atoms with E-state index in [0.29, 0.717) is 4.57 Å². The van der Waals surface area contributed by atoms with E-state index < -0.39 is 63.8 Å². The van der Waals surface area contributed by atoms with Crippen LogP contribution in [0, 0.1) is 0 Å². The van der Waals surface area contributed by atoms with Gasteiger partial charge >= 0.3 is 24.4 Å². The number of fused-ring (bicyclic) bond motifs is 1. The molecule has 2 aromatic heterocycles. The van der Waals surface area contributed by atoms with E-state index in [0.717, 1.165) is 10.9 Å². The average molecular weight is 552 g/mol. The molecule has 2 rings (SSSR count). The number of nitrogens with zero attached hydrogens (tertiary/aromatic N) is 5. The van der Waals surface area contributed by atoms with Crippen molar-refractivity contribution >= 4 is 41.5 Å². The van der Waals surface area contributed by atoms with Crippen molar-refractivity contribution in [3.05, 3.63) is 16.7 Å². The van der Waals surface area contributed by atoms with Gasteiger partial charge in [0.25, 0.3) is 5.56 Å². The first-order valence-electron chi connectivity index (χ1n) is 12.1. The smallest absolute Gasteiger partial charge is 0.427 e. The highest BCUT2D eigenvalue weighted by Gasteiger charge is 2.39. The van der Waals surface area contributed by atoms with Gasteiger partial charge in [-0.25, -0.2) is 28.7 Å². The SMILES string of the molecule is CC(C)(C)OC(=O)N(C(=O)OC(C)(C)C)c1nc2c(ncn2C(=O)OC(C)(C)C)c(=O)n1C(=O)OC(C)(C)C. The van der Waals surface area contributed by atoms with E-state index in [1.54, 1.807) is 83.1 Å². The summed E-state index contributed by atoms with van der Waals surface area (Å²) in [6.07, 6.45) is -3.84. The molecule has 0 aromatic carbocycles. The molecule has 0 bridgehead atoms. The predicted octanol–water partition coefficient (Wildman–Crippen LogP) is 4.84. The summed E-state index contributed by atoms with van der Waals surface area (Å²) in [5.74, 6) is -0.837. The van der Waals surface area contributed by atoms with Crippen molar-refractivity contribution in [1.82, 2.24) is 19.1 Å². The number of imidazole rings is 1. The Kier molecular flexibility index (Phi) is 8.25. The summed E-state index contributed by atoms with van der Waals surface area (Å²) >= 11 is 0. The first kappa shape index (κ1) is 31.2. The standard InChI is InChI=1S/C25H37N5O9/c1-22(2,3)36-18(32)28-13-26-14-15(28)27-17(29(16(14)31)19(33)37-23(4,5)6)30(20(34)38-24(7,8)9)21(35)39-25(10,11)12/h13H,1-12H3. The minimum atomic E-state index is -1.30. The van der Waals surface area contributed by atoms with Crippen molar-refractivity contribution < 1.29 is 38.1 Å².